The first kappa shape index (κ1) is 12.1. The third-order valence-corrected chi connectivity index (χ3v) is 3.02. The lowest BCUT2D eigenvalue weighted by Gasteiger charge is -2.35. The molecule has 1 aliphatic rings. The molecule has 1 fully saturated rings. The number of aromatic nitrogens is 2. The summed E-state index contributed by atoms with van der Waals surface area (Å²) < 4.78 is 1.62. The second kappa shape index (κ2) is 3.84. The molecule has 0 bridgehead atoms. The fourth-order valence-corrected chi connectivity index (χ4v) is 1.82. The number of β-amino-alcohol motifs (C(OH)–C–C–N with tert-alkyl or cyclic N) is 1. The van der Waals surface area contributed by atoms with Gasteiger partial charge in [-0.3, -0.25) is 9.48 Å². The summed E-state index contributed by atoms with van der Waals surface area (Å²) in [4.78, 5) is 13.7. The van der Waals surface area contributed by atoms with E-state index in [1.54, 1.807) is 16.6 Å². The highest BCUT2D eigenvalue weighted by Crippen LogP contribution is 2.22. The van der Waals surface area contributed by atoms with Gasteiger partial charge in [0.15, 0.2) is 0 Å². The Balaban J connectivity index is 2.22. The van der Waals surface area contributed by atoms with Gasteiger partial charge in [-0.05, 0) is 6.07 Å². The van der Waals surface area contributed by atoms with Gasteiger partial charge < -0.3 is 10.0 Å². The molecule has 5 heteroatoms. The summed E-state index contributed by atoms with van der Waals surface area (Å²) in [7, 11) is 1.78. The Morgan fingerprint density at radius 3 is 2.47 bits per heavy atom. The lowest BCUT2D eigenvalue weighted by molar-refractivity contribution is 0.00517. The molecule has 5 nitrogen and oxygen atoms in total. The SMILES string of the molecule is Cn1nc(C(C)(C)C)cc1C(=O)N1CC(O)C1. The predicted octanol–water partition coefficient (Wildman–Crippen LogP) is 0.534. The summed E-state index contributed by atoms with van der Waals surface area (Å²) in [5.74, 6) is -0.0548. The molecule has 17 heavy (non-hydrogen) atoms. The first-order valence-corrected chi connectivity index (χ1v) is 5.81. The van der Waals surface area contributed by atoms with Crippen molar-refractivity contribution < 1.29 is 9.90 Å². The van der Waals surface area contributed by atoms with Crippen molar-refractivity contribution in [1.29, 1.82) is 0 Å². The number of carbonyl (C=O) groups excluding carboxylic acids is 1. The third kappa shape index (κ3) is 2.20. The van der Waals surface area contributed by atoms with Crippen LogP contribution in [0, 0.1) is 0 Å². The van der Waals surface area contributed by atoms with Crippen molar-refractivity contribution in [2.75, 3.05) is 13.1 Å². The van der Waals surface area contributed by atoms with Crippen molar-refractivity contribution in [3.8, 4) is 0 Å². The zero-order valence-corrected chi connectivity index (χ0v) is 10.8. The summed E-state index contributed by atoms with van der Waals surface area (Å²) >= 11 is 0. The van der Waals surface area contributed by atoms with Crippen LogP contribution in [0.25, 0.3) is 0 Å². The molecule has 0 aliphatic carbocycles. The van der Waals surface area contributed by atoms with Crippen molar-refractivity contribution >= 4 is 5.91 Å². The summed E-state index contributed by atoms with van der Waals surface area (Å²) in [6, 6.07) is 1.84. The van der Waals surface area contributed by atoms with Crippen molar-refractivity contribution in [2.24, 2.45) is 7.05 Å². The maximum Gasteiger partial charge on any atom is 0.272 e. The number of hydrogen-bond acceptors (Lipinski definition) is 3. The van der Waals surface area contributed by atoms with E-state index in [1.165, 1.54) is 0 Å². The molecule has 1 aromatic rings. The Labute approximate surface area is 101 Å². The topological polar surface area (TPSA) is 58.4 Å². The Morgan fingerprint density at radius 2 is 2.06 bits per heavy atom. The number of rotatable bonds is 1. The Morgan fingerprint density at radius 1 is 1.47 bits per heavy atom. The number of carbonyl (C=O) groups is 1. The predicted molar refractivity (Wildman–Crippen MR) is 63.8 cm³/mol. The van der Waals surface area contributed by atoms with Gasteiger partial charge in [0.25, 0.3) is 5.91 Å². The lowest BCUT2D eigenvalue weighted by Crippen LogP contribution is -2.53. The second-order valence-electron chi connectivity index (χ2n) is 5.65. The summed E-state index contributed by atoms with van der Waals surface area (Å²) in [6.07, 6.45) is -0.366. The molecule has 0 aromatic carbocycles. The average molecular weight is 237 g/mol. The molecule has 2 rings (SSSR count). The fourth-order valence-electron chi connectivity index (χ4n) is 1.82. The number of hydrogen-bond donors (Lipinski definition) is 1. The number of likely N-dealkylation sites (tertiary alicyclic amines) is 1. The van der Waals surface area contributed by atoms with E-state index < -0.39 is 0 Å². The minimum Gasteiger partial charge on any atom is -0.389 e. The highest BCUT2D eigenvalue weighted by atomic mass is 16.3. The van der Waals surface area contributed by atoms with Gasteiger partial charge in [-0.15, -0.1) is 0 Å². The minimum atomic E-state index is -0.366. The van der Waals surface area contributed by atoms with Crippen LogP contribution in [0.2, 0.25) is 0 Å². The number of aliphatic hydroxyl groups excluding tert-OH is 1. The zero-order valence-electron chi connectivity index (χ0n) is 10.8. The molecule has 1 amide bonds. The lowest BCUT2D eigenvalue weighted by atomic mass is 9.92. The number of nitrogens with zero attached hydrogens (tertiary/aromatic N) is 3. The maximum absolute atomic E-state index is 12.1. The molecule has 0 spiro atoms. The molecule has 1 saturated heterocycles. The summed E-state index contributed by atoms with van der Waals surface area (Å²) in [5.41, 5.74) is 1.43. The van der Waals surface area contributed by atoms with Crippen molar-refractivity contribution in [1.82, 2.24) is 14.7 Å². The van der Waals surface area contributed by atoms with E-state index >= 15 is 0 Å². The third-order valence-electron chi connectivity index (χ3n) is 3.02. The molecule has 1 aromatic heterocycles. The first-order chi connectivity index (χ1) is 7.79. The average Bonchev–Trinajstić information content (AvgIpc) is 2.54. The molecular weight excluding hydrogens is 218 g/mol. The van der Waals surface area contributed by atoms with Gasteiger partial charge in [0.05, 0.1) is 11.8 Å². The van der Waals surface area contributed by atoms with Crippen LogP contribution >= 0.6 is 0 Å². The smallest absolute Gasteiger partial charge is 0.272 e. The molecule has 0 radical (unpaired) electrons. The molecule has 0 atom stereocenters. The van der Waals surface area contributed by atoms with Crippen LogP contribution in [0.5, 0.6) is 0 Å². The maximum atomic E-state index is 12.1. The van der Waals surface area contributed by atoms with Gasteiger partial charge in [0.2, 0.25) is 0 Å². The highest BCUT2D eigenvalue weighted by molar-refractivity contribution is 5.93. The van der Waals surface area contributed by atoms with Gasteiger partial charge in [-0.2, -0.15) is 5.10 Å². The van der Waals surface area contributed by atoms with Gasteiger partial charge in [-0.1, -0.05) is 20.8 Å². The van der Waals surface area contributed by atoms with E-state index in [-0.39, 0.29) is 17.4 Å². The molecule has 1 N–H and O–H groups in total. The molecular formula is C12H19N3O2. The Kier molecular flexibility index (Phi) is 2.73. The minimum absolute atomic E-state index is 0.0548. The van der Waals surface area contributed by atoms with Gasteiger partial charge in [0, 0.05) is 25.6 Å². The summed E-state index contributed by atoms with van der Waals surface area (Å²) in [6.45, 7) is 7.05. The van der Waals surface area contributed by atoms with Crippen LogP contribution in [0.4, 0.5) is 0 Å². The van der Waals surface area contributed by atoms with E-state index in [4.69, 9.17) is 0 Å². The second-order valence-corrected chi connectivity index (χ2v) is 5.65. The van der Waals surface area contributed by atoms with Crippen molar-refractivity contribution in [3.05, 3.63) is 17.5 Å². The molecule has 1 aliphatic heterocycles. The Bertz CT molecular complexity index is 439. The molecule has 0 unspecified atom stereocenters. The van der Waals surface area contributed by atoms with E-state index in [0.717, 1.165) is 5.69 Å². The number of aryl methyl sites for hydroxylation is 1. The van der Waals surface area contributed by atoms with Crippen LogP contribution in [0.3, 0.4) is 0 Å². The van der Waals surface area contributed by atoms with Crippen LogP contribution in [0.1, 0.15) is 37.0 Å². The number of aliphatic hydroxyl groups is 1. The van der Waals surface area contributed by atoms with Crippen LogP contribution in [-0.4, -0.2) is 44.9 Å². The van der Waals surface area contributed by atoms with Gasteiger partial charge in [0.1, 0.15) is 5.69 Å². The molecule has 0 saturated carbocycles. The van der Waals surface area contributed by atoms with Crippen LogP contribution in [-0.2, 0) is 12.5 Å². The highest BCUT2D eigenvalue weighted by Gasteiger charge is 2.32. The standard InChI is InChI=1S/C12H19N3O2/c1-12(2,3)10-5-9(14(4)13-10)11(17)15-6-8(16)7-15/h5,8,16H,6-7H2,1-4H3. The van der Waals surface area contributed by atoms with E-state index in [0.29, 0.717) is 18.8 Å². The quantitative estimate of drug-likeness (QED) is 0.775. The van der Waals surface area contributed by atoms with Crippen LogP contribution in [0.15, 0.2) is 6.07 Å². The monoisotopic (exact) mass is 237 g/mol. The van der Waals surface area contributed by atoms with E-state index in [2.05, 4.69) is 25.9 Å². The summed E-state index contributed by atoms with van der Waals surface area (Å²) in [5, 5.41) is 13.6. The molecule has 94 valence electrons. The van der Waals surface area contributed by atoms with E-state index in [1.807, 2.05) is 6.07 Å². The molecule has 2 heterocycles. The van der Waals surface area contributed by atoms with Gasteiger partial charge >= 0.3 is 0 Å². The normalized spacial score (nSPS) is 17.1. The first-order valence-electron chi connectivity index (χ1n) is 5.81. The Hall–Kier alpha value is -1.36. The van der Waals surface area contributed by atoms with Crippen molar-refractivity contribution in [2.45, 2.75) is 32.3 Å². The van der Waals surface area contributed by atoms with E-state index in [9.17, 15) is 9.90 Å². The van der Waals surface area contributed by atoms with Gasteiger partial charge in [-0.25, -0.2) is 0 Å². The largest absolute Gasteiger partial charge is 0.389 e. The van der Waals surface area contributed by atoms with Crippen molar-refractivity contribution in [3.63, 3.8) is 0 Å². The zero-order chi connectivity index (χ0) is 12.8. The fraction of sp³-hybridized carbons (Fsp3) is 0.667. The van der Waals surface area contributed by atoms with Crippen LogP contribution < -0.4 is 0 Å². The number of amides is 1.